The summed E-state index contributed by atoms with van der Waals surface area (Å²) < 4.78 is 0. The van der Waals surface area contributed by atoms with Crippen molar-refractivity contribution in [2.75, 3.05) is 31.6 Å². The first kappa shape index (κ1) is 15.8. The summed E-state index contributed by atoms with van der Waals surface area (Å²) in [7, 11) is 2.05. The van der Waals surface area contributed by atoms with Gasteiger partial charge in [0.1, 0.15) is 5.69 Å². The van der Waals surface area contributed by atoms with E-state index < -0.39 is 0 Å². The van der Waals surface area contributed by atoms with Crippen molar-refractivity contribution in [3.05, 3.63) is 24.0 Å². The van der Waals surface area contributed by atoms with E-state index >= 15 is 0 Å². The van der Waals surface area contributed by atoms with Crippen molar-refractivity contribution in [2.45, 2.75) is 32.7 Å². The van der Waals surface area contributed by atoms with Crippen LogP contribution in [0.4, 0.5) is 5.69 Å². The molecule has 1 saturated carbocycles. The van der Waals surface area contributed by atoms with Crippen LogP contribution in [0.2, 0.25) is 0 Å². The van der Waals surface area contributed by atoms with Crippen LogP contribution in [0.3, 0.4) is 0 Å². The average Bonchev–Trinajstić information content (AvgIpc) is 3.34. The van der Waals surface area contributed by atoms with E-state index in [0.717, 1.165) is 5.69 Å². The Morgan fingerprint density at radius 1 is 1.43 bits per heavy atom. The van der Waals surface area contributed by atoms with Gasteiger partial charge in [-0.25, -0.2) is 0 Å². The van der Waals surface area contributed by atoms with Gasteiger partial charge in [0, 0.05) is 44.6 Å². The zero-order chi connectivity index (χ0) is 15.4. The fourth-order valence-corrected chi connectivity index (χ4v) is 2.77. The summed E-state index contributed by atoms with van der Waals surface area (Å²) in [4.78, 5) is 20.6. The lowest BCUT2D eigenvalue weighted by Gasteiger charge is -2.29. The maximum Gasteiger partial charge on any atom is 0.272 e. The summed E-state index contributed by atoms with van der Waals surface area (Å²) in [5.41, 5.74) is 7.43. The molecule has 21 heavy (non-hydrogen) atoms. The second-order valence-electron chi connectivity index (χ2n) is 5.63. The highest BCUT2D eigenvalue weighted by Gasteiger charge is 2.33. The number of aromatic nitrogens is 1. The third-order valence-corrected chi connectivity index (χ3v) is 4.33. The Hall–Kier alpha value is -1.62. The number of amides is 1. The summed E-state index contributed by atoms with van der Waals surface area (Å²) in [6.07, 6.45) is 4.22. The van der Waals surface area contributed by atoms with Gasteiger partial charge in [-0.05, 0) is 44.7 Å². The highest BCUT2D eigenvalue weighted by molar-refractivity contribution is 5.93. The first-order valence-electron chi connectivity index (χ1n) is 7.80. The standard InChI is InChI=1S/C16H26N4O/c1-4-20(5-2)16(21)14-10-13(8-9-18-14)19(3)15(11-17)12-6-7-12/h8-10,12,15H,4-7,11,17H2,1-3H3. The van der Waals surface area contributed by atoms with Gasteiger partial charge in [-0.2, -0.15) is 0 Å². The Labute approximate surface area is 127 Å². The van der Waals surface area contributed by atoms with E-state index in [4.69, 9.17) is 5.73 Å². The van der Waals surface area contributed by atoms with Gasteiger partial charge in [0.15, 0.2) is 0 Å². The Bertz CT molecular complexity index is 483. The molecule has 0 bridgehead atoms. The predicted molar refractivity (Wildman–Crippen MR) is 85.5 cm³/mol. The molecule has 2 rings (SSSR count). The Kier molecular flexibility index (Phi) is 5.17. The van der Waals surface area contributed by atoms with E-state index in [1.807, 2.05) is 26.0 Å². The Balaban J connectivity index is 2.18. The number of nitrogens with zero attached hydrogens (tertiary/aromatic N) is 3. The molecule has 1 aliphatic carbocycles. The molecule has 5 nitrogen and oxygen atoms in total. The lowest BCUT2D eigenvalue weighted by Crippen LogP contribution is -2.40. The first-order chi connectivity index (χ1) is 10.1. The van der Waals surface area contributed by atoms with Gasteiger partial charge in [-0.3, -0.25) is 9.78 Å². The Morgan fingerprint density at radius 3 is 2.62 bits per heavy atom. The molecule has 1 fully saturated rings. The van der Waals surface area contributed by atoms with Gasteiger partial charge in [-0.15, -0.1) is 0 Å². The van der Waals surface area contributed by atoms with Crippen molar-refractivity contribution in [1.29, 1.82) is 0 Å². The van der Waals surface area contributed by atoms with Crippen LogP contribution in [0.25, 0.3) is 0 Å². The van der Waals surface area contributed by atoms with Gasteiger partial charge in [0.05, 0.1) is 0 Å². The number of likely N-dealkylation sites (N-methyl/N-ethyl adjacent to an activating group) is 1. The smallest absolute Gasteiger partial charge is 0.272 e. The van der Waals surface area contributed by atoms with Crippen LogP contribution in [0.1, 0.15) is 37.2 Å². The van der Waals surface area contributed by atoms with Gasteiger partial charge in [0.25, 0.3) is 5.91 Å². The minimum absolute atomic E-state index is 0.00836. The molecule has 0 saturated heterocycles. The van der Waals surface area contributed by atoms with Crippen molar-refractivity contribution < 1.29 is 4.79 Å². The van der Waals surface area contributed by atoms with E-state index in [1.165, 1.54) is 12.8 Å². The zero-order valence-electron chi connectivity index (χ0n) is 13.2. The van der Waals surface area contributed by atoms with Crippen LogP contribution >= 0.6 is 0 Å². The first-order valence-corrected chi connectivity index (χ1v) is 7.80. The molecule has 1 aliphatic rings. The molecule has 0 aromatic carbocycles. The second-order valence-corrected chi connectivity index (χ2v) is 5.63. The quantitative estimate of drug-likeness (QED) is 0.831. The lowest BCUT2D eigenvalue weighted by atomic mass is 10.1. The van der Waals surface area contributed by atoms with Crippen molar-refractivity contribution in [3.63, 3.8) is 0 Å². The van der Waals surface area contributed by atoms with Crippen LogP contribution in [0, 0.1) is 5.92 Å². The zero-order valence-corrected chi connectivity index (χ0v) is 13.2. The monoisotopic (exact) mass is 290 g/mol. The number of anilines is 1. The molecule has 2 N–H and O–H groups in total. The Morgan fingerprint density at radius 2 is 2.10 bits per heavy atom. The number of carbonyl (C=O) groups excluding carboxylic acids is 1. The van der Waals surface area contributed by atoms with Crippen molar-refractivity contribution in [1.82, 2.24) is 9.88 Å². The van der Waals surface area contributed by atoms with Crippen LogP contribution in [-0.2, 0) is 0 Å². The molecule has 0 spiro atoms. The summed E-state index contributed by atoms with van der Waals surface area (Å²) in [6, 6.07) is 4.18. The van der Waals surface area contributed by atoms with E-state index in [-0.39, 0.29) is 5.91 Å². The van der Waals surface area contributed by atoms with E-state index in [1.54, 1.807) is 11.1 Å². The normalized spacial score (nSPS) is 15.6. The van der Waals surface area contributed by atoms with Gasteiger partial charge < -0.3 is 15.5 Å². The summed E-state index contributed by atoms with van der Waals surface area (Å²) in [6.45, 7) is 6.00. The highest BCUT2D eigenvalue weighted by Crippen LogP contribution is 2.36. The summed E-state index contributed by atoms with van der Waals surface area (Å²) in [5.74, 6) is 0.682. The molecule has 1 aromatic heterocycles. The SMILES string of the molecule is CCN(CC)C(=O)c1cc(N(C)C(CN)C2CC2)ccn1. The number of carbonyl (C=O) groups is 1. The minimum Gasteiger partial charge on any atom is -0.370 e. The molecular weight excluding hydrogens is 264 g/mol. The molecule has 0 radical (unpaired) electrons. The van der Waals surface area contributed by atoms with Gasteiger partial charge in [0.2, 0.25) is 0 Å². The van der Waals surface area contributed by atoms with Crippen molar-refractivity contribution >= 4 is 11.6 Å². The van der Waals surface area contributed by atoms with E-state index in [2.05, 4.69) is 16.9 Å². The molecule has 1 aromatic rings. The van der Waals surface area contributed by atoms with Crippen LogP contribution in [0.15, 0.2) is 18.3 Å². The molecule has 1 atom stereocenters. The van der Waals surface area contributed by atoms with Crippen LogP contribution < -0.4 is 10.6 Å². The van der Waals surface area contributed by atoms with Crippen LogP contribution in [0.5, 0.6) is 0 Å². The molecule has 116 valence electrons. The maximum absolute atomic E-state index is 12.4. The molecular formula is C16H26N4O. The number of hydrogen-bond donors (Lipinski definition) is 1. The fraction of sp³-hybridized carbons (Fsp3) is 0.625. The minimum atomic E-state index is -0.00836. The molecule has 1 unspecified atom stereocenters. The molecule has 0 aliphatic heterocycles. The third kappa shape index (κ3) is 3.53. The van der Waals surface area contributed by atoms with Gasteiger partial charge >= 0.3 is 0 Å². The van der Waals surface area contributed by atoms with E-state index in [0.29, 0.717) is 37.3 Å². The molecule has 1 amide bonds. The predicted octanol–water partition coefficient (Wildman–Crippen LogP) is 1.74. The topological polar surface area (TPSA) is 62.5 Å². The largest absolute Gasteiger partial charge is 0.370 e. The molecule has 1 heterocycles. The average molecular weight is 290 g/mol. The van der Waals surface area contributed by atoms with Crippen molar-refractivity contribution in [3.8, 4) is 0 Å². The summed E-state index contributed by atoms with van der Waals surface area (Å²) in [5, 5.41) is 0. The van der Waals surface area contributed by atoms with E-state index in [9.17, 15) is 4.79 Å². The number of pyridine rings is 1. The van der Waals surface area contributed by atoms with Gasteiger partial charge in [-0.1, -0.05) is 0 Å². The van der Waals surface area contributed by atoms with Crippen molar-refractivity contribution in [2.24, 2.45) is 11.7 Å². The lowest BCUT2D eigenvalue weighted by molar-refractivity contribution is 0.0767. The number of nitrogens with two attached hydrogens (primary N) is 1. The summed E-state index contributed by atoms with van der Waals surface area (Å²) >= 11 is 0. The second kappa shape index (κ2) is 6.89. The number of rotatable bonds is 7. The highest BCUT2D eigenvalue weighted by atomic mass is 16.2. The third-order valence-electron chi connectivity index (χ3n) is 4.33. The fourth-order valence-electron chi connectivity index (χ4n) is 2.77. The molecule has 5 heteroatoms. The maximum atomic E-state index is 12.4. The number of hydrogen-bond acceptors (Lipinski definition) is 4. The van der Waals surface area contributed by atoms with Crippen LogP contribution in [-0.4, -0.2) is 48.5 Å².